The number of hydrogen-bond donors (Lipinski definition) is 0. The van der Waals surface area contributed by atoms with Crippen molar-refractivity contribution >= 4 is 45.6 Å². The van der Waals surface area contributed by atoms with Crippen LogP contribution in [0, 0.1) is 0 Å². The number of aromatic nitrogens is 2. The number of benzene rings is 1. The van der Waals surface area contributed by atoms with Gasteiger partial charge in [0.25, 0.3) is 0 Å². The van der Waals surface area contributed by atoms with Gasteiger partial charge in [0, 0.05) is 17.2 Å². The van der Waals surface area contributed by atoms with E-state index in [1.807, 2.05) is 24.3 Å². The molecular weight excluding hydrogens is 299 g/mol. The molecule has 0 aliphatic heterocycles. The molecule has 1 aromatic carbocycles. The highest BCUT2D eigenvalue weighted by atomic mass is 35.5. The van der Waals surface area contributed by atoms with Gasteiger partial charge in [0.15, 0.2) is 0 Å². The number of rotatable bonds is 4. The average molecular weight is 311 g/mol. The van der Waals surface area contributed by atoms with Crippen LogP contribution in [0.1, 0.15) is 10.7 Å². The van der Waals surface area contributed by atoms with Crippen LogP contribution in [-0.4, -0.2) is 15.4 Å². The topological polar surface area (TPSA) is 17.8 Å². The number of para-hydroxylation sites is 2. The summed E-state index contributed by atoms with van der Waals surface area (Å²) in [6.07, 6.45) is 0.773. The summed E-state index contributed by atoms with van der Waals surface area (Å²) in [7, 11) is 0. The Hall–Kier alpha value is -1.03. The zero-order valence-corrected chi connectivity index (χ0v) is 12.5. The van der Waals surface area contributed by atoms with Gasteiger partial charge in [-0.2, -0.15) is 0 Å². The average Bonchev–Trinajstić information content (AvgIpc) is 2.96. The van der Waals surface area contributed by atoms with E-state index in [9.17, 15) is 0 Å². The first kappa shape index (κ1) is 13.0. The summed E-state index contributed by atoms with van der Waals surface area (Å²) in [4.78, 5) is 5.88. The molecule has 2 nitrogen and oxygen atoms in total. The molecule has 0 aliphatic rings. The van der Waals surface area contributed by atoms with Crippen molar-refractivity contribution in [3.05, 3.63) is 51.4 Å². The summed E-state index contributed by atoms with van der Waals surface area (Å²) in [6.45, 7) is 0.796. The first-order valence-corrected chi connectivity index (χ1v) is 7.75. The normalized spacial score (nSPS) is 11.3. The molecule has 0 amide bonds. The minimum absolute atomic E-state index is 0.578. The van der Waals surface area contributed by atoms with E-state index >= 15 is 0 Å². The van der Waals surface area contributed by atoms with Crippen molar-refractivity contribution in [2.75, 3.05) is 5.88 Å². The summed E-state index contributed by atoms with van der Waals surface area (Å²) >= 11 is 13.5. The molecule has 0 aliphatic carbocycles. The van der Waals surface area contributed by atoms with E-state index in [4.69, 9.17) is 23.2 Å². The second kappa shape index (κ2) is 5.53. The summed E-state index contributed by atoms with van der Waals surface area (Å²) < 4.78 is 3.04. The molecule has 0 fully saturated rings. The van der Waals surface area contributed by atoms with Gasteiger partial charge in [-0.05, 0) is 24.3 Å². The van der Waals surface area contributed by atoms with Crippen molar-refractivity contribution in [3.8, 4) is 0 Å². The number of hydrogen-bond acceptors (Lipinski definition) is 2. The van der Waals surface area contributed by atoms with Crippen molar-refractivity contribution in [2.24, 2.45) is 0 Å². The van der Waals surface area contributed by atoms with Crippen molar-refractivity contribution in [1.82, 2.24) is 9.55 Å². The van der Waals surface area contributed by atoms with Gasteiger partial charge in [0.2, 0.25) is 0 Å². The molecule has 3 rings (SSSR count). The maximum absolute atomic E-state index is 5.99. The van der Waals surface area contributed by atoms with Gasteiger partial charge in [-0.15, -0.1) is 22.9 Å². The summed E-state index contributed by atoms with van der Waals surface area (Å²) in [5.74, 6) is 1.61. The minimum atomic E-state index is 0.578. The Labute approximate surface area is 125 Å². The zero-order chi connectivity index (χ0) is 13.2. The van der Waals surface area contributed by atoms with Crippen molar-refractivity contribution in [2.45, 2.75) is 13.0 Å². The zero-order valence-electron chi connectivity index (χ0n) is 10.1. The monoisotopic (exact) mass is 310 g/mol. The van der Waals surface area contributed by atoms with Crippen LogP contribution in [0.3, 0.4) is 0 Å². The number of thiophene rings is 1. The summed E-state index contributed by atoms with van der Waals surface area (Å²) in [5.41, 5.74) is 2.16. The Morgan fingerprint density at radius 3 is 2.74 bits per heavy atom. The van der Waals surface area contributed by atoms with E-state index in [1.165, 1.54) is 4.88 Å². The predicted octanol–water partition coefficient (Wildman–Crippen LogP) is 4.58. The van der Waals surface area contributed by atoms with Crippen LogP contribution in [0.2, 0.25) is 4.34 Å². The standard InChI is InChI=1S/C14H12Cl2N2S/c15-8-7-14-17-11-3-1-2-4-12(11)18(14)9-10-5-6-13(16)19-10/h1-6H,7-9H2. The minimum Gasteiger partial charge on any atom is -0.323 e. The molecule has 0 atom stereocenters. The maximum Gasteiger partial charge on any atom is 0.111 e. The second-order valence-electron chi connectivity index (χ2n) is 4.25. The molecule has 0 radical (unpaired) electrons. The van der Waals surface area contributed by atoms with Crippen LogP contribution < -0.4 is 0 Å². The molecule has 5 heteroatoms. The van der Waals surface area contributed by atoms with Crippen LogP contribution in [0.5, 0.6) is 0 Å². The number of nitrogens with zero attached hydrogens (tertiary/aromatic N) is 2. The van der Waals surface area contributed by atoms with E-state index in [1.54, 1.807) is 11.3 Å². The molecule has 0 bridgehead atoms. The molecule has 3 aromatic rings. The van der Waals surface area contributed by atoms with Gasteiger partial charge in [-0.3, -0.25) is 0 Å². The largest absolute Gasteiger partial charge is 0.323 e. The van der Waals surface area contributed by atoms with Crippen LogP contribution in [0.15, 0.2) is 36.4 Å². The Kier molecular flexibility index (Phi) is 3.78. The predicted molar refractivity (Wildman–Crippen MR) is 82.6 cm³/mol. The Morgan fingerprint density at radius 1 is 1.16 bits per heavy atom. The summed E-state index contributed by atoms with van der Waals surface area (Å²) in [5, 5.41) is 0. The highest BCUT2D eigenvalue weighted by molar-refractivity contribution is 7.16. The van der Waals surface area contributed by atoms with Crippen LogP contribution in [0.4, 0.5) is 0 Å². The van der Waals surface area contributed by atoms with Gasteiger partial charge in [0.1, 0.15) is 5.82 Å². The third-order valence-electron chi connectivity index (χ3n) is 2.99. The molecule has 98 valence electrons. The third kappa shape index (κ3) is 2.64. The highest BCUT2D eigenvalue weighted by Crippen LogP contribution is 2.25. The summed E-state index contributed by atoms with van der Waals surface area (Å²) in [6, 6.07) is 12.2. The number of fused-ring (bicyclic) bond motifs is 1. The molecular formula is C14H12Cl2N2S. The van der Waals surface area contributed by atoms with E-state index in [0.29, 0.717) is 5.88 Å². The lowest BCUT2D eigenvalue weighted by atomic mass is 10.3. The molecule has 0 saturated carbocycles. The first-order valence-electron chi connectivity index (χ1n) is 6.02. The fourth-order valence-corrected chi connectivity index (χ4v) is 3.42. The van der Waals surface area contributed by atoms with E-state index in [0.717, 1.165) is 34.2 Å². The SMILES string of the molecule is ClCCc1nc2ccccc2n1Cc1ccc(Cl)s1. The lowest BCUT2D eigenvalue weighted by Crippen LogP contribution is -2.04. The fourth-order valence-electron chi connectivity index (χ4n) is 2.17. The quantitative estimate of drug-likeness (QED) is 0.645. The Bertz CT molecular complexity index is 702. The van der Waals surface area contributed by atoms with E-state index in [2.05, 4.69) is 21.7 Å². The molecule has 0 saturated heterocycles. The maximum atomic E-state index is 5.99. The number of alkyl halides is 1. The van der Waals surface area contributed by atoms with Crippen LogP contribution in [0.25, 0.3) is 11.0 Å². The lowest BCUT2D eigenvalue weighted by molar-refractivity contribution is 0.763. The Balaban J connectivity index is 2.06. The van der Waals surface area contributed by atoms with Gasteiger partial charge in [-0.25, -0.2) is 4.98 Å². The number of aryl methyl sites for hydroxylation is 1. The highest BCUT2D eigenvalue weighted by Gasteiger charge is 2.11. The van der Waals surface area contributed by atoms with E-state index in [-0.39, 0.29) is 0 Å². The van der Waals surface area contributed by atoms with Gasteiger partial charge in [-0.1, -0.05) is 23.7 Å². The molecule has 0 unspecified atom stereocenters. The van der Waals surface area contributed by atoms with Crippen molar-refractivity contribution in [3.63, 3.8) is 0 Å². The second-order valence-corrected chi connectivity index (χ2v) is 6.43. The first-order chi connectivity index (χ1) is 9.28. The van der Waals surface area contributed by atoms with Gasteiger partial charge >= 0.3 is 0 Å². The lowest BCUT2D eigenvalue weighted by Gasteiger charge is -2.06. The van der Waals surface area contributed by atoms with Crippen LogP contribution >= 0.6 is 34.5 Å². The van der Waals surface area contributed by atoms with Gasteiger partial charge < -0.3 is 4.57 Å². The molecule has 19 heavy (non-hydrogen) atoms. The number of imidazole rings is 1. The molecule has 2 aromatic heterocycles. The smallest absolute Gasteiger partial charge is 0.111 e. The van der Waals surface area contributed by atoms with E-state index < -0.39 is 0 Å². The third-order valence-corrected chi connectivity index (χ3v) is 4.40. The molecule has 0 spiro atoms. The van der Waals surface area contributed by atoms with Crippen molar-refractivity contribution < 1.29 is 0 Å². The van der Waals surface area contributed by atoms with Crippen LogP contribution in [-0.2, 0) is 13.0 Å². The molecule has 0 N–H and O–H groups in total. The van der Waals surface area contributed by atoms with Gasteiger partial charge in [0.05, 0.1) is 21.9 Å². The Morgan fingerprint density at radius 2 is 2.00 bits per heavy atom. The van der Waals surface area contributed by atoms with Crippen molar-refractivity contribution in [1.29, 1.82) is 0 Å². The fraction of sp³-hybridized carbons (Fsp3) is 0.214. The number of halogens is 2. The molecule has 2 heterocycles.